The van der Waals surface area contributed by atoms with Gasteiger partial charge in [0.05, 0.1) is 18.7 Å². The van der Waals surface area contributed by atoms with Gasteiger partial charge in [0, 0.05) is 18.1 Å². The van der Waals surface area contributed by atoms with Gasteiger partial charge in [-0.3, -0.25) is 0 Å². The fourth-order valence-electron chi connectivity index (χ4n) is 2.12. The molecule has 0 aromatic heterocycles. The normalized spacial score (nSPS) is 20.1. The summed E-state index contributed by atoms with van der Waals surface area (Å²) in [7, 11) is 1.82. The Morgan fingerprint density at radius 1 is 1.47 bits per heavy atom. The smallest absolute Gasteiger partial charge is 0.317 e. The highest BCUT2D eigenvalue weighted by molar-refractivity contribution is 9.10. The molecule has 104 valence electrons. The molecule has 2 rings (SSSR count). The number of nitrogens with one attached hydrogen (secondary N) is 1. The minimum Gasteiger partial charge on any atom is -0.379 e. The molecule has 1 aliphatic heterocycles. The van der Waals surface area contributed by atoms with E-state index in [1.54, 1.807) is 4.90 Å². The Bertz CT molecular complexity index is 430. The second kappa shape index (κ2) is 6.39. The molecule has 0 aliphatic carbocycles. The number of amides is 2. The quantitative estimate of drug-likeness (QED) is 0.927. The first-order valence-corrected chi connectivity index (χ1v) is 7.24. The maximum absolute atomic E-state index is 12.1. The summed E-state index contributed by atoms with van der Waals surface area (Å²) in [5, 5.41) is 3.01. The highest BCUT2D eigenvalue weighted by atomic mass is 79.9. The average molecular weight is 327 g/mol. The van der Waals surface area contributed by atoms with Crippen LogP contribution in [0.1, 0.15) is 24.9 Å². The Labute approximate surface area is 122 Å². The molecule has 1 heterocycles. The molecule has 2 unspecified atom stereocenters. The van der Waals surface area contributed by atoms with E-state index in [0.717, 1.165) is 23.1 Å². The van der Waals surface area contributed by atoms with Gasteiger partial charge in [0.25, 0.3) is 0 Å². The van der Waals surface area contributed by atoms with E-state index >= 15 is 0 Å². The molecule has 0 spiro atoms. The Hall–Kier alpha value is -1.07. The number of hydrogen-bond acceptors (Lipinski definition) is 2. The summed E-state index contributed by atoms with van der Waals surface area (Å²) in [5.41, 5.74) is 1.09. The number of urea groups is 1. The Morgan fingerprint density at radius 2 is 2.16 bits per heavy atom. The molecule has 1 aliphatic rings. The summed E-state index contributed by atoms with van der Waals surface area (Å²) in [6.45, 7) is 3.36. The number of rotatable bonds is 3. The minimum absolute atomic E-state index is 0.00892. The topological polar surface area (TPSA) is 41.6 Å². The van der Waals surface area contributed by atoms with E-state index < -0.39 is 0 Å². The Morgan fingerprint density at radius 3 is 2.74 bits per heavy atom. The van der Waals surface area contributed by atoms with Crippen molar-refractivity contribution in [2.45, 2.75) is 25.4 Å². The van der Waals surface area contributed by atoms with Crippen LogP contribution in [0.3, 0.4) is 0 Å². The highest BCUT2D eigenvalue weighted by Crippen LogP contribution is 2.17. The molecule has 2 atom stereocenters. The number of halogens is 1. The van der Waals surface area contributed by atoms with Crippen LogP contribution in [0.2, 0.25) is 0 Å². The van der Waals surface area contributed by atoms with Gasteiger partial charge in [0.15, 0.2) is 0 Å². The van der Waals surface area contributed by atoms with E-state index in [9.17, 15) is 4.79 Å². The van der Waals surface area contributed by atoms with Crippen molar-refractivity contribution in [3.05, 3.63) is 34.3 Å². The fraction of sp³-hybridized carbons (Fsp3) is 0.500. The lowest BCUT2D eigenvalue weighted by atomic mass is 10.1. The van der Waals surface area contributed by atoms with E-state index in [1.165, 1.54) is 0 Å². The molecule has 1 aromatic carbocycles. The van der Waals surface area contributed by atoms with Gasteiger partial charge in [-0.1, -0.05) is 28.1 Å². The second-order valence-electron chi connectivity index (χ2n) is 4.85. The standard InChI is InChI=1S/C14H19BrN2O2/c1-10(11-3-5-12(15)6-4-11)16-14(18)17(2)13-7-8-19-9-13/h3-6,10,13H,7-9H2,1-2H3,(H,16,18). The van der Waals surface area contributed by atoms with E-state index in [4.69, 9.17) is 4.74 Å². The zero-order chi connectivity index (χ0) is 13.8. The molecule has 0 saturated carbocycles. The molecule has 4 nitrogen and oxygen atoms in total. The van der Waals surface area contributed by atoms with Crippen molar-refractivity contribution in [1.82, 2.24) is 10.2 Å². The third kappa shape index (κ3) is 3.70. The Kier molecular flexibility index (Phi) is 4.82. The van der Waals surface area contributed by atoms with Gasteiger partial charge >= 0.3 is 6.03 Å². The van der Waals surface area contributed by atoms with Crippen LogP contribution in [0.4, 0.5) is 4.79 Å². The van der Waals surface area contributed by atoms with Crippen LogP contribution in [0.25, 0.3) is 0 Å². The van der Waals surface area contributed by atoms with Crippen LogP contribution < -0.4 is 5.32 Å². The van der Waals surface area contributed by atoms with Crippen molar-refractivity contribution in [3.63, 3.8) is 0 Å². The summed E-state index contributed by atoms with van der Waals surface area (Å²) in [6, 6.07) is 8.11. The van der Waals surface area contributed by atoms with Crippen molar-refractivity contribution < 1.29 is 9.53 Å². The predicted molar refractivity (Wildman–Crippen MR) is 78.1 cm³/mol. The first-order valence-electron chi connectivity index (χ1n) is 6.44. The number of likely N-dealkylation sites (N-methyl/N-ethyl adjacent to an activating group) is 1. The summed E-state index contributed by atoms with van der Waals surface area (Å²) in [6.07, 6.45) is 0.913. The summed E-state index contributed by atoms with van der Waals surface area (Å²) in [4.78, 5) is 13.9. The molecule has 0 bridgehead atoms. The van der Waals surface area contributed by atoms with Gasteiger partial charge in [-0.2, -0.15) is 0 Å². The van der Waals surface area contributed by atoms with E-state index in [-0.39, 0.29) is 18.1 Å². The first kappa shape index (κ1) is 14.3. The molecule has 1 N–H and O–H groups in total. The van der Waals surface area contributed by atoms with Crippen LogP contribution >= 0.6 is 15.9 Å². The molecular weight excluding hydrogens is 308 g/mol. The van der Waals surface area contributed by atoms with Gasteiger partial charge in [-0.25, -0.2) is 4.79 Å². The number of hydrogen-bond donors (Lipinski definition) is 1. The molecule has 5 heteroatoms. The first-order chi connectivity index (χ1) is 9.08. The van der Waals surface area contributed by atoms with Crippen LogP contribution in [0.15, 0.2) is 28.7 Å². The van der Waals surface area contributed by atoms with Crippen molar-refractivity contribution in [2.75, 3.05) is 20.3 Å². The van der Waals surface area contributed by atoms with Crippen LogP contribution in [-0.4, -0.2) is 37.2 Å². The average Bonchev–Trinajstić information content (AvgIpc) is 2.92. The number of carbonyl (C=O) groups is 1. The molecule has 0 radical (unpaired) electrons. The van der Waals surface area contributed by atoms with Crippen molar-refractivity contribution >= 4 is 22.0 Å². The van der Waals surface area contributed by atoms with Gasteiger partial charge < -0.3 is 15.0 Å². The Balaban J connectivity index is 1.92. The van der Waals surface area contributed by atoms with E-state index in [0.29, 0.717) is 6.61 Å². The van der Waals surface area contributed by atoms with Crippen LogP contribution in [0.5, 0.6) is 0 Å². The molecular formula is C14H19BrN2O2. The van der Waals surface area contributed by atoms with Crippen LogP contribution in [-0.2, 0) is 4.74 Å². The summed E-state index contributed by atoms with van der Waals surface area (Å²) >= 11 is 3.40. The molecule has 1 aromatic rings. The molecule has 1 saturated heterocycles. The van der Waals surface area contributed by atoms with Gasteiger partial charge in [0.2, 0.25) is 0 Å². The number of ether oxygens (including phenoxy) is 1. The number of benzene rings is 1. The molecule has 19 heavy (non-hydrogen) atoms. The minimum atomic E-state index is -0.0501. The fourth-order valence-corrected chi connectivity index (χ4v) is 2.38. The lowest BCUT2D eigenvalue weighted by molar-refractivity contribution is 0.156. The lowest BCUT2D eigenvalue weighted by Gasteiger charge is -2.25. The van der Waals surface area contributed by atoms with Gasteiger partial charge in [-0.05, 0) is 31.0 Å². The largest absolute Gasteiger partial charge is 0.379 e. The zero-order valence-corrected chi connectivity index (χ0v) is 12.8. The van der Waals surface area contributed by atoms with Gasteiger partial charge in [-0.15, -0.1) is 0 Å². The highest BCUT2D eigenvalue weighted by Gasteiger charge is 2.24. The van der Waals surface area contributed by atoms with E-state index in [2.05, 4.69) is 21.2 Å². The van der Waals surface area contributed by atoms with Crippen LogP contribution in [0, 0.1) is 0 Å². The van der Waals surface area contributed by atoms with E-state index in [1.807, 2.05) is 38.2 Å². The molecule has 2 amide bonds. The second-order valence-corrected chi connectivity index (χ2v) is 5.77. The lowest BCUT2D eigenvalue weighted by Crippen LogP contribution is -2.44. The molecule has 1 fully saturated rings. The predicted octanol–water partition coefficient (Wildman–Crippen LogP) is 2.94. The van der Waals surface area contributed by atoms with Crippen molar-refractivity contribution in [3.8, 4) is 0 Å². The SMILES string of the molecule is CC(NC(=O)N(C)C1CCOC1)c1ccc(Br)cc1. The number of nitrogens with zero attached hydrogens (tertiary/aromatic N) is 1. The monoisotopic (exact) mass is 326 g/mol. The third-order valence-corrected chi connectivity index (χ3v) is 4.01. The third-order valence-electron chi connectivity index (χ3n) is 3.48. The maximum atomic E-state index is 12.1. The van der Waals surface area contributed by atoms with Crippen molar-refractivity contribution in [2.24, 2.45) is 0 Å². The van der Waals surface area contributed by atoms with Crippen molar-refractivity contribution in [1.29, 1.82) is 0 Å². The van der Waals surface area contributed by atoms with Gasteiger partial charge in [0.1, 0.15) is 0 Å². The summed E-state index contributed by atoms with van der Waals surface area (Å²) < 4.78 is 6.34. The maximum Gasteiger partial charge on any atom is 0.317 e. The zero-order valence-electron chi connectivity index (χ0n) is 11.2. The summed E-state index contributed by atoms with van der Waals surface area (Å²) in [5.74, 6) is 0. The number of carbonyl (C=O) groups excluding carboxylic acids is 1.